The van der Waals surface area contributed by atoms with E-state index in [0.29, 0.717) is 30.8 Å². The summed E-state index contributed by atoms with van der Waals surface area (Å²) in [6.07, 6.45) is 1.34. The van der Waals surface area contributed by atoms with Crippen LogP contribution in [0, 0.1) is 5.92 Å². The molecule has 3 rings (SSSR count). The molecule has 144 valence electrons. The largest absolute Gasteiger partial charge is 0.497 e. The molecule has 1 saturated heterocycles. The molecule has 0 aromatic heterocycles. The maximum atomic E-state index is 12.7. The highest BCUT2D eigenvalue weighted by atomic mass is 32.2. The van der Waals surface area contributed by atoms with Gasteiger partial charge in [-0.05, 0) is 30.5 Å². The van der Waals surface area contributed by atoms with E-state index in [9.17, 15) is 13.2 Å². The summed E-state index contributed by atoms with van der Waals surface area (Å²) in [4.78, 5) is 12.6. The number of carbonyl (C=O) groups is 1. The Bertz CT molecular complexity index is 884. The lowest BCUT2D eigenvalue weighted by atomic mass is 9.98. The van der Waals surface area contributed by atoms with Gasteiger partial charge in [-0.3, -0.25) is 4.79 Å². The van der Waals surface area contributed by atoms with Crippen LogP contribution in [-0.2, 0) is 20.6 Å². The standard InChI is InChI=1S/C20H24N2O4S/c1-26-19-11-5-10-18(13-19)21-20(23)17-9-6-12-22(14-17)27(24,25)15-16-7-3-2-4-8-16/h2-5,7-8,10-11,13,17H,6,9,12,14-15H2,1H3,(H,21,23). The number of methoxy groups -OCH3 is 1. The molecule has 2 aromatic carbocycles. The Labute approximate surface area is 160 Å². The van der Waals surface area contributed by atoms with Gasteiger partial charge in [0.25, 0.3) is 0 Å². The smallest absolute Gasteiger partial charge is 0.228 e. The third-order valence-corrected chi connectivity index (χ3v) is 6.49. The average Bonchev–Trinajstić information content (AvgIpc) is 2.68. The highest BCUT2D eigenvalue weighted by Gasteiger charge is 2.32. The molecule has 1 atom stereocenters. The molecule has 1 unspecified atom stereocenters. The highest BCUT2D eigenvalue weighted by molar-refractivity contribution is 7.88. The Morgan fingerprint density at radius 3 is 2.70 bits per heavy atom. The average molecular weight is 388 g/mol. The number of sulfonamides is 1. The number of benzene rings is 2. The Morgan fingerprint density at radius 1 is 1.19 bits per heavy atom. The van der Waals surface area contributed by atoms with E-state index in [4.69, 9.17) is 4.74 Å². The van der Waals surface area contributed by atoms with Crippen LogP contribution in [0.4, 0.5) is 5.69 Å². The van der Waals surface area contributed by atoms with Crippen molar-refractivity contribution in [2.75, 3.05) is 25.5 Å². The molecule has 1 N–H and O–H groups in total. The van der Waals surface area contributed by atoms with Crippen LogP contribution in [0.2, 0.25) is 0 Å². The molecule has 27 heavy (non-hydrogen) atoms. The first-order valence-electron chi connectivity index (χ1n) is 8.94. The van der Waals surface area contributed by atoms with Crippen molar-refractivity contribution < 1.29 is 17.9 Å². The molecule has 0 saturated carbocycles. The molecule has 1 heterocycles. The van der Waals surface area contributed by atoms with E-state index in [1.807, 2.05) is 18.2 Å². The normalized spacial score (nSPS) is 18.0. The minimum absolute atomic E-state index is 0.0436. The number of piperidine rings is 1. The Balaban J connectivity index is 1.65. The number of nitrogens with one attached hydrogen (secondary N) is 1. The second kappa shape index (κ2) is 8.54. The van der Waals surface area contributed by atoms with Crippen LogP contribution in [0.5, 0.6) is 5.75 Å². The van der Waals surface area contributed by atoms with Gasteiger partial charge in [-0.15, -0.1) is 0 Å². The van der Waals surface area contributed by atoms with E-state index in [-0.39, 0.29) is 24.1 Å². The van der Waals surface area contributed by atoms with Crippen LogP contribution in [0.15, 0.2) is 54.6 Å². The summed E-state index contributed by atoms with van der Waals surface area (Å²) < 4.78 is 32.1. The van der Waals surface area contributed by atoms with Crippen molar-refractivity contribution in [2.45, 2.75) is 18.6 Å². The van der Waals surface area contributed by atoms with E-state index in [2.05, 4.69) is 5.32 Å². The first-order valence-corrected chi connectivity index (χ1v) is 10.6. The van der Waals surface area contributed by atoms with E-state index in [1.165, 1.54) is 4.31 Å². The predicted molar refractivity (Wildman–Crippen MR) is 105 cm³/mol. The van der Waals surface area contributed by atoms with Crippen LogP contribution in [0.1, 0.15) is 18.4 Å². The van der Waals surface area contributed by atoms with Crippen LogP contribution in [-0.4, -0.2) is 38.8 Å². The van der Waals surface area contributed by atoms with Gasteiger partial charge in [0.2, 0.25) is 15.9 Å². The highest BCUT2D eigenvalue weighted by Crippen LogP contribution is 2.24. The van der Waals surface area contributed by atoms with Gasteiger partial charge >= 0.3 is 0 Å². The van der Waals surface area contributed by atoms with Crippen molar-refractivity contribution in [1.29, 1.82) is 0 Å². The zero-order chi connectivity index (χ0) is 19.3. The Morgan fingerprint density at radius 2 is 1.96 bits per heavy atom. The van der Waals surface area contributed by atoms with Gasteiger partial charge in [0.1, 0.15) is 5.75 Å². The number of rotatable bonds is 6. The number of ether oxygens (including phenoxy) is 1. The van der Waals surface area contributed by atoms with E-state index < -0.39 is 10.0 Å². The molecule has 0 aliphatic carbocycles. The molecular weight excluding hydrogens is 364 g/mol. The summed E-state index contributed by atoms with van der Waals surface area (Å²) >= 11 is 0. The maximum absolute atomic E-state index is 12.7. The van der Waals surface area contributed by atoms with E-state index >= 15 is 0 Å². The second-order valence-electron chi connectivity index (χ2n) is 6.66. The van der Waals surface area contributed by atoms with Crippen molar-refractivity contribution in [3.05, 3.63) is 60.2 Å². The third-order valence-electron chi connectivity index (χ3n) is 4.68. The van der Waals surface area contributed by atoms with Gasteiger partial charge in [0.15, 0.2) is 0 Å². The SMILES string of the molecule is COc1cccc(NC(=O)C2CCCN(S(=O)(=O)Cc3ccccc3)C2)c1. The second-order valence-corrected chi connectivity index (χ2v) is 8.63. The third kappa shape index (κ3) is 5.08. The number of anilines is 1. The summed E-state index contributed by atoms with van der Waals surface area (Å²) in [5.41, 5.74) is 1.39. The molecule has 1 aliphatic rings. The lowest BCUT2D eigenvalue weighted by Crippen LogP contribution is -2.44. The van der Waals surface area contributed by atoms with Gasteiger partial charge in [0, 0.05) is 24.8 Å². The van der Waals surface area contributed by atoms with Crippen LogP contribution in [0.25, 0.3) is 0 Å². The maximum Gasteiger partial charge on any atom is 0.228 e. The lowest BCUT2D eigenvalue weighted by molar-refractivity contribution is -0.120. The molecular formula is C20H24N2O4S. The molecule has 0 radical (unpaired) electrons. The van der Waals surface area contributed by atoms with Gasteiger partial charge in [-0.25, -0.2) is 12.7 Å². The fraction of sp³-hybridized carbons (Fsp3) is 0.350. The number of hydrogen-bond acceptors (Lipinski definition) is 4. The molecule has 0 bridgehead atoms. The summed E-state index contributed by atoms with van der Waals surface area (Å²) in [7, 11) is -1.89. The first-order chi connectivity index (χ1) is 13.0. The minimum atomic E-state index is -3.45. The fourth-order valence-electron chi connectivity index (χ4n) is 3.23. The fourth-order valence-corrected chi connectivity index (χ4v) is 4.84. The number of carbonyl (C=O) groups excluding carboxylic acids is 1. The first kappa shape index (κ1) is 19.4. The zero-order valence-corrected chi connectivity index (χ0v) is 16.1. The van der Waals surface area contributed by atoms with Crippen molar-refractivity contribution in [2.24, 2.45) is 5.92 Å². The molecule has 1 aliphatic heterocycles. The van der Waals surface area contributed by atoms with Gasteiger partial charge in [-0.1, -0.05) is 36.4 Å². The van der Waals surface area contributed by atoms with Crippen molar-refractivity contribution in [3.63, 3.8) is 0 Å². The van der Waals surface area contributed by atoms with Crippen LogP contribution in [0.3, 0.4) is 0 Å². The molecule has 7 heteroatoms. The number of nitrogens with zero attached hydrogens (tertiary/aromatic N) is 1. The molecule has 2 aromatic rings. The van der Waals surface area contributed by atoms with Gasteiger partial charge in [0.05, 0.1) is 18.8 Å². The monoisotopic (exact) mass is 388 g/mol. The summed E-state index contributed by atoms with van der Waals surface area (Å²) in [5.74, 6) is 0.0831. The van der Waals surface area contributed by atoms with Crippen LogP contribution < -0.4 is 10.1 Å². The van der Waals surface area contributed by atoms with Crippen molar-refractivity contribution in [1.82, 2.24) is 4.31 Å². The van der Waals surface area contributed by atoms with Crippen LogP contribution >= 0.6 is 0 Å². The topological polar surface area (TPSA) is 75.7 Å². The predicted octanol–water partition coefficient (Wildman–Crippen LogP) is 2.88. The van der Waals surface area contributed by atoms with E-state index in [1.54, 1.807) is 43.5 Å². The summed E-state index contributed by atoms with van der Waals surface area (Å²) in [5, 5.41) is 2.87. The molecule has 1 fully saturated rings. The minimum Gasteiger partial charge on any atom is -0.497 e. The van der Waals surface area contributed by atoms with Gasteiger partial charge in [-0.2, -0.15) is 0 Å². The molecule has 6 nitrogen and oxygen atoms in total. The Hall–Kier alpha value is -2.38. The van der Waals surface area contributed by atoms with E-state index in [0.717, 1.165) is 5.56 Å². The summed E-state index contributed by atoms with van der Waals surface area (Å²) in [6.45, 7) is 0.670. The Kier molecular flexibility index (Phi) is 6.13. The molecule has 1 amide bonds. The quantitative estimate of drug-likeness (QED) is 0.826. The van der Waals surface area contributed by atoms with Crippen molar-refractivity contribution >= 4 is 21.6 Å². The van der Waals surface area contributed by atoms with Crippen molar-refractivity contribution in [3.8, 4) is 5.75 Å². The van der Waals surface area contributed by atoms with Gasteiger partial charge < -0.3 is 10.1 Å². The molecule has 0 spiro atoms. The lowest BCUT2D eigenvalue weighted by Gasteiger charge is -2.31. The summed E-state index contributed by atoms with van der Waals surface area (Å²) in [6, 6.07) is 16.2. The number of hydrogen-bond donors (Lipinski definition) is 1. The number of amides is 1. The zero-order valence-electron chi connectivity index (χ0n) is 15.3.